The van der Waals surface area contributed by atoms with Crippen molar-refractivity contribution in [3.63, 3.8) is 0 Å². The molecule has 1 aliphatic rings. The molecule has 1 saturated heterocycles. The molecular formula is C13H14O5. The zero-order chi connectivity index (χ0) is 13.0. The van der Waals surface area contributed by atoms with Crippen molar-refractivity contribution in [3.8, 4) is 0 Å². The van der Waals surface area contributed by atoms with E-state index in [2.05, 4.69) is 0 Å². The van der Waals surface area contributed by atoms with Gasteiger partial charge >= 0.3 is 5.97 Å². The predicted octanol–water partition coefficient (Wildman–Crippen LogP) is 1.17. The number of rotatable bonds is 4. The Morgan fingerprint density at radius 1 is 1.39 bits per heavy atom. The van der Waals surface area contributed by atoms with E-state index >= 15 is 0 Å². The summed E-state index contributed by atoms with van der Waals surface area (Å²) in [5.41, 5.74) is 0.450. The molecule has 96 valence electrons. The summed E-state index contributed by atoms with van der Waals surface area (Å²) in [5.74, 6) is -0.574. The molecule has 2 rings (SSSR count). The van der Waals surface area contributed by atoms with Crippen molar-refractivity contribution in [1.82, 2.24) is 0 Å². The van der Waals surface area contributed by atoms with Gasteiger partial charge in [-0.2, -0.15) is 0 Å². The first-order valence-corrected chi connectivity index (χ1v) is 5.64. The number of carbonyl (C=O) groups is 2. The molecule has 0 amide bonds. The lowest BCUT2D eigenvalue weighted by Gasteiger charge is -2.11. The molecule has 0 spiro atoms. The fourth-order valence-electron chi connectivity index (χ4n) is 1.68. The highest BCUT2D eigenvalue weighted by Crippen LogP contribution is 2.17. The van der Waals surface area contributed by atoms with Crippen LogP contribution in [0.25, 0.3) is 0 Å². The van der Waals surface area contributed by atoms with Crippen LogP contribution >= 0.6 is 0 Å². The van der Waals surface area contributed by atoms with Gasteiger partial charge in [0.15, 0.2) is 18.2 Å². The third kappa shape index (κ3) is 2.94. The average molecular weight is 250 g/mol. The maximum Gasteiger partial charge on any atom is 0.338 e. The number of methoxy groups -OCH3 is 1. The Morgan fingerprint density at radius 2 is 2.11 bits per heavy atom. The van der Waals surface area contributed by atoms with Crippen LogP contribution in [0.3, 0.4) is 0 Å². The first kappa shape index (κ1) is 12.7. The Kier molecular flexibility index (Phi) is 4.07. The zero-order valence-electron chi connectivity index (χ0n) is 10.00. The smallest absolute Gasteiger partial charge is 0.338 e. The lowest BCUT2D eigenvalue weighted by molar-refractivity contribution is -0.135. The van der Waals surface area contributed by atoms with Crippen molar-refractivity contribution in [1.29, 1.82) is 0 Å². The molecule has 1 aromatic rings. The third-order valence-electron chi connectivity index (χ3n) is 2.68. The molecule has 0 radical (unpaired) electrons. The minimum Gasteiger partial charge on any atom is -0.459 e. The van der Waals surface area contributed by atoms with Gasteiger partial charge in [-0.25, -0.2) is 4.79 Å². The van der Waals surface area contributed by atoms with Gasteiger partial charge in [-0.3, -0.25) is 4.79 Å². The molecule has 1 heterocycles. The van der Waals surface area contributed by atoms with Crippen molar-refractivity contribution in [2.45, 2.75) is 18.8 Å². The maximum absolute atomic E-state index is 11.6. The summed E-state index contributed by atoms with van der Waals surface area (Å²) in [7, 11) is 1.47. The fraction of sp³-hybridized carbons (Fsp3) is 0.385. The van der Waals surface area contributed by atoms with Gasteiger partial charge in [-0.1, -0.05) is 18.2 Å². The number of benzene rings is 1. The monoisotopic (exact) mass is 250 g/mol. The average Bonchev–Trinajstić information content (AvgIpc) is 2.77. The lowest BCUT2D eigenvalue weighted by Crippen LogP contribution is -2.25. The number of esters is 1. The summed E-state index contributed by atoms with van der Waals surface area (Å²) < 4.78 is 15.2. The molecule has 1 fully saturated rings. The minimum atomic E-state index is -0.720. The number of carbonyl (C=O) groups excluding carboxylic acids is 2. The van der Waals surface area contributed by atoms with Gasteiger partial charge in [0.05, 0.1) is 12.0 Å². The Bertz CT molecular complexity index is 428. The van der Waals surface area contributed by atoms with E-state index in [1.165, 1.54) is 7.11 Å². The van der Waals surface area contributed by atoms with Crippen LogP contribution in [-0.4, -0.2) is 37.9 Å². The number of ether oxygens (including phenoxy) is 3. The van der Waals surface area contributed by atoms with Gasteiger partial charge in [0.1, 0.15) is 6.61 Å². The Hall–Kier alpha value is -1.72. The van der Waals surface area contributed by atoms with E-state index in [1.807, 2.05) is 6.07 Å². The Morgan fingerprint density at radius 3 is 2.72 bits per heavy atom. The van der Waals surface area contributed by atoms with E-state index in [-0.39, 0.29) is 18.8 Å². The first-order valence-electron chi connectivity index (χ1n) is 5.64. The van der Waals surface area contributed by atoms with Crippen molar-refractivity contribution in [2.24, 2.45) is 0 Å². The Labute approximate surface area is 105 Å². The predicted molar refractivity (Wildman–Crippen MR) is 62.0 cm³/mol. The molecular weight excluding hydrogens is 236 g/mol. The van der Waals surface area contributed by atoms with Crippen molar-refractivity contribution in [3.05, 3.63) is 35.9 Å². The van der Waals surface area contributed by atoms with Crippen LogP contribution < -0.4 is 0 Å². The van der Waals surface area contributed by atoms with Gasteiger partial charge in [-0.15, -0.1) is 0 Å². The second-order valence-corrected chi connectivity index (χ2v) is 3.92. The lowest BCUT2D eigenvalue weighted by atomic mass is 10.2. The second kappa shape index (κ2) is 5.75. The molecule has 2 atom stereocenters. The third-order valence-corrected chi connectivity index (χ3v) is 2.68. The summed E-state index contributed by atoms with van der Waals surface area (Å²) in [6.45, 7) is -0.0770. The highest BCUT2D eigenvalue weighted by Gasteiger charge is 2.34. The van der Waals surface area contributed by atoms with Gasteiger partial charge < -0.3 is 14.2 Å². The molecule has 0 aromatic heterocycles. The number of Topliss-reactive ketones (excluding diaryl/α,β-unsaturated/α-hetero) is 1. The quantitative estimate of drug-likeness (QED) is 0.751. The van der Waals surface area contributed by atoms with Crippen LogP contribution in [-0.2, 0) is 19.0 Å². The Balaban J connectivity index is 1.85. The van der Waals surface area contributed by atoms with Gasteiger partial charge in [0.2, 0.25) is 0 Å². The number of ketones is 1. The minimum absolute atomic E-state index is 0.0770. The van der Waals surface area contributed by atoms with Crippen LogP contribution in [0, 0.1) is 0 Å². The fourth-order valence-corrected chi connectivity index (χ4v) is 1.68. The van der Waals surface area contributed by atoms with E-state index in [1.54, 1.807) is 24.3 Å². The summed E-state index contributed by atoms with van der Waals surface area (Å²) >= 11 is 0. The molecule has 0 N–H and O–H groups in total. The SMILES string of the molecule is COC1CC(=O)[C@@H](COC(=O)c2ccccc2)O1. The zero-order valence-corrected chi connectivity index (χ0v) is 10.00. The maximum atomic E-state index is 11.6. The molecule has 1 aliphatic heterocycles. The molecule has 0 bridgehead atoms. The number of hydrogen-bond acceptors (Lipinski definition) is 5. The van der Waals surface area contributed by atoms with Crippen LogP contribution in [0.4, 0.5) is 0 Å². The topological polar surface area (TPSA) is 61.8 Å². The molecule has 1 aromatic carbocycles. The normalized spacial score (nSPS) is 23.1. The van der Waals surface area contributed by atoms with E-state index in [9.17, 15) is 9.59 Å². The number of hydrogen-bond donors (Lipinski definition) is 0. The largest absolute Gasteiger partial charge is 0.459 e. The summed E-state index contributed by atoms with van der Waals surface area (Å²) in [6, 6.07) is 8.60. The van der Waals surface area contributed by atoms with Crippen molar-refractivity contribution < 1.29 is 23.8 Å². The van der Waals surface area contributed by atoms with Crippen LogP contribution in [0.2, 0.25) is 0 Å². The molecule has 0 aliphatic carbocycles. The van der Waals surface area contributed by atoms with Crippen LogP contribution in [0.15, 0.2) is 30.3 Å². The van der Waals surface area contributed by atoms with Gasteiger partial charge in [0, 0.05) is 7.11 Å². The van der Waals surface area contributed by atoms with E-state index in [0.717, 1.165) is 0 Å². The molecule has 0 saturated carbocycles. The molecule has 18 heavy (non-hydrogen) atoms. The van der Waals surface area contributed by atoms with Gasteiger partial charge in [0.25, 0.3) is 0 Å². The van der Waals surface area contributed by atoms with Gasteiger partial charge in [-0.05, 0) is 12.1 Å². The summed E-state index contributed by atoms with van der Waals surface area (Å²) in [6.07, 6.45) is -1.05. The van der Waals surface area contributed by atoms with E-state index in [0.29, 0.717) is 5.56 Å². The highest BCUT2D eigenvalue weighted by molar-refractivity contribution is 5.90. The first-order chi connectivity index (χ1) is 8.70. The van der Waals surface area contributed by atoms with E-state index in [4.69, 9.17) is 14.2 Å². The standard InChI is InChI=1S/C13H14O5/c1-16-12-7-10(14)11(18-12)8-17-13(15)9-5-3-2-4-6-9/h2-6,11-12H,7-8H2,1H3/t11-,12?/m1/s1. The second-order valence-electron chi connectivity index (χ2n) is 3.92. The van der Waals surface area contributed by atoms with Crippen molar-refractivity contribution in [2.75, 3.05) is 13.7 Å². The van der Waals surface area contributed by atoms with Crippen molar-refractivity contribution >= 4 is 11.8 Å². The van der Waals surface area contributed by atoms with Crippen LogP contribution in [0.1, 0.15) is 16.8 Å². The highest BCUT2D eigenvalue weighted by atomic mass is 16.7. The molecule has 5 nitrogen and oxygen atoms in total. The summed E-state index contributed by atoms with van der Waals surface area (Å²) in [4.78, 5) is 23.1. The molecule has 1 unspecified atom stereocenters. The van der Waals surface area contributed by atoms with Crippen LogP contribution in [0.5, 0.6) is 0 Å². The summed E-state index contributed by atoms with van der Waals surface area (Å²) in [5, 5.41) is 0. The van der Waals surface area contributed by atoms with E-state index < -0.39 is 18.4 Å². The molecule has 5 heteroatoms.